The largest absolute Gasteiger partial charge is 0.365 e. The Morgan fingerprint density at radius 2 is 1.53 bits per heavy atom. The summed E-state index contributed by atoms with van der Waals surface area (Å²) in [5.41, 5.74) is 0.602. The topological polar surface area (TPSA) is 43.8 Å². The number of rotatable bonds is 3. The molecule has 150 valence electrons. The smallest absolute Gasteiger partial charge is 0.332 e. The summed E-state index contributed by atoms with van der Waals surface area (Å²) in [6.45, 7) is 1.80. The second-order valence-electron chi connectivity index (χ2n) is 7.07. The van der Waals surface area contributed by atoms with Crippen LogP contribution in [0.4, 0.5) is 16.2 Å². The first-order valence-electron chi connectivity index (χ1n) is 9.30. The van der Waals surface area contributed by atoms with Crippen molar-refractivity contribution in [3.05, 3.63) is 94.0 Å². The Bertz CT molecular complexity index is 1140. The van der Waals surface area contributed by atoms with E-state index in [0.29, 0.717) is 32.5 Å². The van der Waals surface area contributed by atoms with Gasteiger partial charge in [-0.1, -0.05) is 41.3 Å². The number of hydrogen-bond donors (Lipinski definition) is 1. The van der Waals surface area contributed by atoms with E-state index < -0.39 is 11.8 Å². The van der Waals surface area contributed by atoms with E-state index >= 15 is 0 Å². The zero-order chi connectivity index (χ0) is 21.5. The Hall–Kier alpha value is -2.97. The molecule has 2 atom stereocenters. The monoisotopic (exact) mass is 436 g/mol. The van der Waals surface area contributed by atoms with Gasteiger partial charge in [0.05, 0.1) is 6.04 Å². The van der Waals surface area contributed by atoms with Crippen molar-refractivity contribution < 1.29 is 9.90 Å². The van der Waals surface area contributed by atoms with Gasteiger partial charge in [-0.15, -0.1) is 6.42 Å². The van der Waals surface area contributed by atoms with Gasteiger partial charge in [0.1, 0.15) is 0 Å². The standard InChI is InChI=1S/C24H18Cl2N2O2/c1-3-17-5-4-6-18(15-17)24(30)16(2)27(21-11-7-19(25)8-12-21)23(29)28(24)22-13-9-20(26)10-14-22/h1,4-16,30H,2H3. The molecular weight excluding hydrogens is 419 g/mol. The van der Waals surface area contributed by atoms with Crippen molar-refractivity contribution >= 4 is 40.6 Å². The van der Waals surface area contributed by atoms with Crippen LogP contribution in [-0.2, 0) is 5.72 Å². The Kier molecular flexibility index (Phi) is 5.21. The molecule has 2 unspecified atom stereocenters. The molecule has 1 heterocycles. The second-order valence-corrected chi connectivity index (χ2v) is 7.94. The lowest BCUT2D eigenvalue weighted by atomic mass is 9.93. The van der Waals surface area contributed by atoms with E-state index in [1.807, 2.05) is 0 Å². The van der Waals surface area contributed by atoms with E-state index in [1.54, 1.807) is 84.6 Å². The molecule has 0 spiro atoms. The fourth-order valence-electron chi connectivity index (χ4n) is 3.83. The quantitative estimate of drug-likeness (QED) is 0.538. The number of amides is 2. The maximum absolute atomic E-state index is 13.6. The zero-order valence-corrected chi connectivity index (χ0v) is 17.6. The molecule has 1 fully saturated rings. The summed E-state index contributed by atoms with van der Waals surface area (Å²) in [6.07, 6.45) is 5.57. The first kappa shape index (κ1) is 20.3. The summed E-state index contributed by atoms with van der Waals surface area (Å²) in [4.78, 5) is 16.5. The van der Waals surface area contributed by atoms with E-state index in [4.69, 9.17) is 29.6 Å². The average Bonchev–Trinajstić information content (AvgIpc) is 2.96. The van der Waals surface area contributed by atoms with Crippen LogP contribution in [0.1, 0.15) is 18.1 Å². The van der Waals surface area contributed by atoms with Gasteiger partial charge in [0.15, 0.2) is 5.72 Å². The van der Waals surface area contributed by atoms with Crippen molar-refractivity contribution in [2.75, 3.05) is 9.80 Å². The predicted octanol–water partition coefficient (Wildman–Crippen LogP) is 5.66. The van der Waals surface area contributed by atoms with Crippen LogP contribution < -0.4 is 9.80 Å². The minimum Gasteiger partial charge on any atom is -0.365 e. The van der Waals surface area contributed by atoms with Crippen LogP contribution in [0.25, 0.3) is 0 Å². The highest BCUT2D eigenvalue weighted by Gasteiger charge is 2.56. The maximum atomic E-state index is 13.6. The summed E-state index contributed by atoms with van der Waals surface area (Å²) in [5.74, 6) is 2.59. The number of nitrogens with zero attached hydrogens (tertiary/aromatic N) is 2. The van der Waals surface area contributed by atoms with Gasteiger partial charge in [0, 0.05) is 32.5 Å². The molecule has 1 aliphatic rings. The molecule has 30 heavy (non-hydrogen) atoms. The van der Waals surface area contributed by atoms with Gasteiger partial charge in [-0.25, -0.2) is 4.79 Å². The molecule has 4 nitrogen and oxygen atoms in total. The highest BCUT2D eigenvalue weighted by molar-refractivity contribution is 6.31. The number of aliphatic hydroxyl groups is 1. The summed E-state index contributed by atoms with van der Waals surface area (Å²) in [7, 11) is 0. The Morgan fingerprint density at radius 1 is 0.967 bits per heavy atom. The predicted molar refractivity (Wildman–Crippen MR) is 121 cm³/mol. The molecule has 3 aromatic rings. The molecular formula is C24H18Cl2N2O2. The van der Waals surface area contributed by atoms with Crippen LogP contribution in [0.2, 0.25) is 10.0 Å². The van der Waals surface area contributed by atoms with Gasteiger partial charge in [-0.3, -0.25) is 9.80 Å². The van der Waals surface area contributed by atoms with Crippen LogP contribution in [0.15, 0.2) is 72.8 Å². The van der Waals surface area contributed by atoms with E-state index in [9.17, 15) is 9.90 Å². The first-order chi connectivity index (χ1) is 14.4. The van der Waals surface area contributed by atoms with Crippen molar-refractivity contribution in [2.24, 2.45) is 0 Å². The third kappa shape index (κ3) is 3.22. The van der Waals surface area contributed by atoms with Crippen LogP contribution >= 0.6 is 23.2 Å². The Labute approximate surface area is 185 Å². The third-order valence-electron chi connectivity index (χ3n) is 5.35. The van der Waals surface area contributed by atoms with E-state index in [-0.39, 0.29) is 6.03 Å². The van der Waals surface area contributed by atoms with Gasteiger partial charge >= 0.3 is 6.03 Å². The number of halogens is 2. The summed E-state index contributed by atoms with van der Waals surface area (Å²) < 4.78 is 0. The first-order valence-corrected chi connectivity index (χ1v) is 10.1. The molecule has 1 aliphatic heterocycles. The van der Waals surface area contributed by atoms with Crippen molar-refractivity contribution in [2.45, 2.75) is 18.7 Å². The molecule has 1 N–H and O–H groups in total. The van der Waals surface area contributed by atoms with Crippen molar-refractivity contribution in [1.82, 2.24) is 0 Å². The summed E-state index contributed by atoms with van der Waals surface area (Å²) in [5, 5.41) is 13.1. The van der Waals surface area contributed by atoms with Crippen LogP contribution in [0.3, 0.4) is 0 Å². The SMILES string of the molecule is C#Cc1cccc(C2(O)C(C)N(c3ccc(Cl)cc3)C(=O)N2c2ccc(Cl)cc2)c1. The average molecular weight is 437 g/mol. The number of carbonyl (C=O) groups is 1. The minimum absolute atomic E-state index is 0.374. The van der Waals surface area contributed by atoms with Crippen molar-refractivity contribution in [3.8, 4) is 12.3 Å². The lowest BCUT2D eigenvalue weighted by molar-refractivity contribution is 0.0372. The maximum Gasteiger partial charge on any atom is 0.332 e. The molecule has 4 rings (SSSR count). The lowest BCUT2D eigenvalue weighted by Gasteiger charge is -2.35. The number of anilines is 2. The van der Waals surface area contributed by atoms with Crippen molar-refractivity contribution in [3.63, 3.8) is 0 Å². The zero-order valence-electron chi connectivity index (χ0n) is 16.1. The van der Waals surface area contributed by atoms with Crippen LogP contribution in [0.5, 0.6) is 0 Å². The molecule has 0 aliphatic carbocycles. The van der Waals surface area contributed by atoms with E-state index in [2.05, 4.69) is 5.92 Å². The van der Waals surface area contributed by atoms with E-state index in [0.717, 1.165) is 0 Å². The normalized spacial score (nSPS) is 21.0. The third-order valence-corrected chi connectivity index (χ3v) is 5.86. The molecule has 0 saturated carbocycles. The Morgan fingerprint density at radius 3 is 2.10 bits per heavy atom. The minimum atomic E-state index is -1.67. The highest BCUT2D eigenvalue weighted by atomic mass is 35.5. The summed E-state index contributed by atoms with van der Waals surface area (Å²) >= 11 is 12.1. The number of hydrogen-bond acceptors (Lipinski definition) is 2. The molecule has 3 aromatic carbocycles. The van der Waals surface area contributed by atoms with Gasteiger partial charge in [0.25, 0.3) is 0 Å². The van der Waals surface area contributed by atoms with Gasteiger partial charge in [0.2, 0.25) is 0 Å². The van der Waals surface area contributed by atoms with Gasteiger partial charge < -0.3 is 5.11 Å². The van der Waals surface area contributed by atoms with Gasteiger partial charge in [-0.2, -0.15) is 0 Å². The number of carbonyl (C=O) groups excluding carboxylic acids is 1. The fraction of sp³-hybridized carbons (Fsp3) is 0.125. The molecule has 2 amide bonds. The molecule has 0 aromatic heterocycles. The molecule has 6 heteroatoms. The fourth-order valence-corrected chi connectivity index (χ4v) is 4.08. The van der Waals surface area contributed by atoms with Crippen LogP contribution in [-0.4, -0.2) is 17.2 Å². The number of benzene rings is 3. The molecule has 0 bridgehead atoms. The second kappa shape index (κ2) is 7.70. The van der Waals surface area contributed by atoms with Crippen LogP contribution in [0, 0.1) is 12.3 Å². The highest BCUT2D eigenvalue weighted by Crippen LogP contribution is 2.44. The Balaban J connectivity index is 1.91. The molecule has 0 radical (unpaired) electrons. The number of urea groups is 1. The van der Waals surface area contributed by atoms with Crippen molar-refractivity contribution in [1.29, 1.82) is 0 Å². The lowest BCUT2D eigenvalue weighted by Crippen LogP contribution is -2.48. The number of terminal acetylenes is 1. The molecule has 1 saturated heterocycles. The van der Waals surface area contributed by atoms with E-state index in [1.165, 1.54) is 4.90 Å². The summed E-state index contributed by atoms with van der Waals surface area (Å²) in [6, 6.07) is 19.7. The van der Waals surface area contributed by atoms with Gasteiger partial charge in [-0.05, 0) is 67.6 Å².